The third kappa shape index (κ3) is 3.58. The molecule has 0 aliphatic rings. The Bertz CT molecular complexity index is 392. The van der Waals surface area contributed by atoms with Gasteiger partial charge in [0.15, 0.2) is 0 Å². The minimum Gasteiger partial charge on any atom is -0.316 e. The molecule has 108 valence electrons. The summed E-state index contributed by atoms with van der Waals surface area (Å²) in [6.07, 6.45) is 0. The van der Waals surface area contributed by atoms with Crippen molar-refractivity contribution in [1.29, 1.82) is 0 Å². The number of hydrogen-bond donors (Lipinski definition) is 2. The Morgan fingerprint density at radius 2 is 1.21 bits per heavy atom. The van der Waals surface area contributed by atoms with Crippen LogP contribution in [0.4, 0.5) is 0 Å². The SMILES string of the molecule is CC(C)c1cc(C(C)C)c([C@H](C)NO)c(C(C)C)c1. The molecule has 1 atom stereocenters. The largest absolute Gasteiger partial charge is 0.316 e. The molecule has 0 aliphatic carbocycles. The zero-order valence-corrected chi connectivity index (χ0v) is 13.4. The monoisotopic (exact) mass is 263 g/mol. The lowest BCUT2D eigenvalue weighted by atomic mass is 9.82. The Morgan fingerprint density at radius 3 is 1.47 bits per heavy atom. The summed E-state index contributed by atoms with van der Waals surface area (Å²) in [5, 5.41) is 9.33. The van der Waals surface area contributed by atoms with Crippen LogP contribution in [0.5, 0.6) is 0 Å². The summed E-state index contributed by atoms with van der Waals surface area (Å²) in [5.41, 5.74) is 7.77. The fourth-order valence-corrected chi connectivity index (χ4v) is 2.58. The van der Waals surface area contributed by atoms with Crippen LogP contribution in [0.2, 0.25) is 0 Å². The van der Waals surface area contributed by atoms with E-state index >= 15 is 0 Å². The zero-order chi connectivity index (χ0) is 14.7. The van der Waals surface area contributed by atoms with Crippen molar-refractivity contribution in [3.05, 3.63) is 34.4 Å². The highest BCUT2D eigenvalue weighted by Crippen LogP contribution is 2.35. The van der Waals surface area contributed by atoms with Crippen molar-refractivity contribution in [2.24, 2.45) is 0 Å². The quantitative estimate of drug-likeness (QED) is 0.725. The van der Waals surface area contributed by atoms with E-state index in [0.717, 1.165) is 0 Å². The van der Waals surface area contributed by atoms with Crippen LogP contribution in [0.1, 0.15) is 94.5 Å². The third-order valence-electron chi connectivity index (χ3n) is 3.80. The second-order valence-corrected chi connectivity index (χ2v) is 6.43. The van der Waals surface area contributed by atoms with Crippen molar-refractivity contribution >= 4 is 0 Å². The van der Waals surface area contributed by atoms with Gasteiger partial charge in [0.05, 0.1) is 6.04 Å². The maximum Gasteiger partial charge on any atom is 0.0546 e. The maximum atomic E-state index is 9.33. The average Bonchev–Trinajstić information content (AvgIpc) is 2.35. The van der Waals surface area contributed by atoms with Gasteiger partial charge in [-0.2, -0.15) is 5.48 Å². The predicted octanol–water partition coefficient (Wildman–Crippen LogP) is 5.10. The number of hydrogen-bond acceptors (Lipinski definition) is 2. The molecule has 0 bridgehead atoms. The van der Waals surface area contributed by atoms with Crippen molar-refractivity contribution in [2.75, 3.05) is 0 Å². The Labute approximate surface area is 118 Å². The number of benzene rings is 1. The van der Waals surface area contributed by atoms with Crippen LogP contribution in [0.15, 0.2) is 12.1 Å². The molecule has 0 saturated heterocycles. The zero-order valence-electron chi connectivity index (χ0n) is 13.4. The average molecular weight is 263 g/mol. The van der Waals surface area contributed by atoms with Crippen molar-refractivity contribution < 1.29 is 5.21 Å². The van der Waals surface area contributed by atoms with E-state index in [-0.39, 0.29) is 6.04 Å². The second-order valence-electron chi connectivity index (χ2n) is 6.43. The van der Waals surface area contributed by atoms with E-state index in [1.165, 1.54) is 22.3 Å². The van der Waals surface area contributed by atoms with Gasteiger partial charge in [-0.25, -0.2) is 0 Å². The molecule has 0 unspecified atom stereocenters. The molecule has 0 amide bonds. The second kappa shape index (κ2) is 6.53. The molecule has 0 fully saturated rings. The number of nitrogens with one attached hydrogen (secondary N) is 1. The van der Waals surface area contributed by atoms with Gasteiger partial charge in [0.2, 0.25) is 0 Å². The van der Waals surface area contributed by atoms with Crippen LogP contribution < -0.4 is 5.48 Å². The summed E-state index contributed by atoms with van der Waals surface area (Å²) in [4.78, 5) is 0. The first-order chi connectivity index (χ1) is 8.79. The third-order valence-corrected chi connectivity index (χ3v) is 3.80. The minimum atomic E-state index is -0.0315. The van der Waals surface area contributed by atoms with Crippen molar-refractivity contribution in [3.63, 3.8) is 0 Å². The molecule has 0 saturated carbocycles. The standard InChI is InChI=1S/C17H29NO/c1-10(2)14-8-15(11(3)4)17(13(7)18-19)16(9-14)12(5)6/h8-13,18-19H,1-7H3/t13-/m0/s1. The molecule has 2 heteroatoms. The normalized spacial score (nSPS) is 13.6. The van der Waals surface area contributed by atoms with E-state index in [4.69, 9.17) is 0 Å². The summed E-state index contributed by atoms with van der Waals surface area (Å²) < 4.78 is 0. The predicted molar refractivity (Wildman–Crippen MR) is 82.0 cm³/mol. The molecule has 0 radical (unpaired) electrons. The van der Waals surface area contributed by atoms with Gasteiger partial charge in [0.25, 0.3) is 0 Å². The van der Waals surface area contributed by atoms with Crippen LogP contribution in [0.25, 0.3) is 0 Å². The summed E-state index contributed by atoms with van der Waals surface area (Å²) in [7, 11) is 0. The molecule has 0 heterocycles. The highest BCUT2D eigenvalue weighted by Gasteiger charge is 2.20. The summed E-state index contributed by atoms with van der Waals surface area (Å²) in [6, 6.07) is 4.59. The van der Waals surface area contributed by atoms with Gasteiger partial charge < -0.3 is 5.21 Å². The van der Waals surface area contributed by atoms with Gasteiger partial charge in [0.1, 0.15) is 0 Å². The van der Waals surface area contributed by atoms with E-state index in [2.05, 4.69) is 59.2 Å². The minimum absolute atomic E-state index is 0.0315. The molecule has 1 rings (SSSR count). The summed E-state index contributed by atoms with van der Waals surface area (Å²) in [5.74, 6) is 1.45. The molecular formula is C17H29NO. The van der Waals surface area contributed by atoms with E-state index < -0.39 is 0 Å². The first-order valence-electron chi connectivity index (χ1n) is 7.36. The highest BCUT2D eigenvalue weighted by atomic mass is 16.5. The van der Waals surface area contributed by atoms with Crippen LogP contribution in [0, 0.1) is 0 Å². The summed E-state index contributed by atoms with van der Waals surface area (Å²) in [6.45, 7) is 15.4. The molecular weight excluding hydrogens is 234 g/mol. The molecule has 1 aromatic carbocycles. The van der Waals surface area contributed by atoms with Gasteiger partial charge in [0, 0.05) is 0 Å². The number of rotatable bonds is 5. The lowest BCUT2D eigenvalue weighted by molar-refractivity contribution is 0.132. The smallest absolute Gasteiger partial charge is 0.0546 e. The van der Waals surface area contributed by atoms with Gasteiger partial charge in [-0.1, -0.05) is 53.7 Å². The van der Waals surface area contributed by atoms with Crippen molar-refractivity contribution in [3.8, 4) is 0 Å². The molecule has 2 N–H and O–H groups in total. The first-order valence-corrected chi connectivity index (χ1v) is 7.36. The van der Waals surface area contributed by atoms with E-state index in [9.17, 15) is 5.21 Å². The maximum absolute atomic E-state index is 9.33. The van der Waals surface area contributed by atoms with Crippen molar-refractivity contribution in [1.82, 2.24) is 5.48 Å². The Morgan fingerprint density at radius 1 is 0.789 bits per heavy atom. The lowest BCUT2D eigenvalue weighted by Gasteiger charge is -2.26. The van der Waals surface area contributed by atoms with Crippen molar-refractivity contribution in [2.45, 2.75) is 72.3 Å². The molecule has 19 heavy (non-hydrogen) atoms. The van der Waals surface area contributed by atoms with Crippen LogP contribution >= 0.6 is 0 Å². The lowest BCUT2D eigenvalue weighted by Crippen LogP contribution is -2.19. The first kappa shape index (κ1) is 16.2. The molecule has 1 aromatic rings. The van der Waals surface area contributed by atoms with Crippen LogP contribution in [0.3, 0.4) is 0 Å². The fourth-order valence-electron chi connectivity index (χ4n) is 2.58. The van der Waals surface area contributed by atoms with Gasteiger partial charge in [-0.05, 0) is 46.9 Å². The molecule has 2 nitrogen and oxygen atoms in total. The fraction of sp³-hybridized carbons (Fsp3) is 0.647. The van der Waals surface area contributed by atoms with E-state index in [1.807, 2.05) is 6.92 Å². The number of hydroxylamine groups is 1. The van der Waals surface area contributed by atoms with E-state index in [1.54, 1.807) is 0 Å². The van der Waals surface area contributed by atoms with Crippen LogP contribution in [-0.2, 0) is 0 Å². The van der Waals surface area contributed by atoms with Gasteiger partial charge in [-0.3, -0.25) is 0 Å². The summed E-state index contributed by atoms with van der Waals surface area (Å²) >= 11 is 0. The highest BCUT2D eigenvalue weighted by molar-refractivity contribution is 5.45. The van der Waals surface area contributed by atoms with E-state index in [0.29, 0.717) is 17.8 Å². The molecule has 0 aromatic heterocycles. The Balaban J connectivity index is 3.55. The molecule has 0 spiro atoms. The Kier molecular flexibility index (Phi) is 5.57. The van der Waals surface area contributed by atoms with Gasteiger partial charge >= 0.3 is 0 Å². The van der Waals surface area contributed by atoms with Gasteiger partial charge in [-0.15, -0.1) is 0 Å². The topological polar surface area (TPSA) is 32.3 Å². The molecule has 0 aliphatic heterocycles. The Hall–Kier alpha value is -0.860. The van der Waals surface area contributed by atoms with Crippen LogP contribution in [-0.4, -0.2) is 5.21 Å².